The van der Waals surface area contributed by atoms with Crippen molar-refractivity contribution in [3.63, 3.8) is 0 Å². The van der Waals surface area contributed by atoms with Gasteiger partial charge in [0.05, 0.1) is 0 Å². The lowest BCUT2D eigenvalue weighted by Crippen LogP contribution is -2.41. The van der Waals surface area contributed by atoms with Gasteiger partial charge in [0.2, 0.25) is 5.91 Å². The van der Waals surface area contributed by atoms with Crippen molar-refractivity contribution in [2.75, 3.05) is 11.9 Å². The van der Waals surface area contributed by atoms with E-state index >= 15 is 0 Å². The number of benzene rings is 1. The maximum Gasteiger partial charge on any atom is 0.224 e. The molecule has 1 aromatic carbocycles. The molecule has 0 bridgehead atoms. The monoisotopic (exact) mass is 378 g/mol. The van der Waals surface area contributed by atoms with Gasteiger partial charge in [-0.25, -0.2) is 0 Å². The van der Waals surface area contributed by atoms with Crippen LogP contribution in [0.2, 0.25) is 0 Å². The number of anilines is 1. The van der Waals surface area contributed by atoms with Gasteiger partial charge in [-0.05, 0) is 62.3 Å². The van der Waals surface area contributed by atoms with E-state index in [4.69, 9.17) is 0 Å². The van der Waals surface area contributed by atoms with Crippen molar-refractivity contribution in [2.24, 2.45) is 5.92 Å². The van der Waals surface area contributed by atoms with Crippen LogP contribution < -0.4 is 10.6 Å². The van der Waals surface area contributed by atoms with Gasteiger partial charge in [0.15, 0.2) is 5.78 Å². The van der Waals surface area contributed by atoms with Crippen molar-refractivity contribution in [3.05, 3.63) is 28.3 Å². The summed E-state index contributed by atoms with van der Waals surface area (Å²) in [5.41, 5.74) is 5.09. The summed E-state index contributed by atoms with van der Waals surface area (Å²) in [4.78, 5) is 25.3. The van der Waals surface area contributed by atoms with Gasteiger partial charge in [-0.1, -0.05) is 26.3 Å². The average Bonchev–Trinajstić information content (AvgIpc) is 2.55. The lowest BCUT2D eigenvalue weighted by atomic mass is 9.73. The summed E-state index contributed by atoms with van der Waals surface area (Å²) in [5.74, 6) is 0.443. The standard InChI is InChI=1S/C21H30N2O2.ClH/c1-5-6-9-22-14(4)16-8-7-15-10-13(3)20-18(19(15)21(16)25)12(2)11-17(24)23-20;/h10,12,14,16,22H,5-9,11H2,1-4H3,(H,23,24);1H. The molecule has 3 rings (SSSR count). The normalized spacial score (nSPS) is 22.8. The Kier molecular flexibility index (Phi) is 6.86. The van der Waals surface area contributed by atoms with Crippen LogP contribution in [0.4, 0.5) is 5.69 Å². The number of hydrogen-bond donors (Lipinski definition) is 2. The molecule has 0 radical (unpaired) electrons. The molecule has 4 nitrogen and oxygen atoms in total. The molecule has 2 N–H and O–H groups in total. The van der Waals surface area contributed by atoms with Gasteiger partial charge in [0, 0.05) is 29.6 Å². The number of Topliss-reactive ketones (excluding diaryl/α,β-unsaturated/α-hetero) is 1. The van der Waals surface area contributed by atoms with Crippen LogP contribution in [0.1, 0.15) is 79.4 Å². The quantitative estimate of drug-likeness (QED) is 0.747. The number of ketones is 1. The molecule has 1 aromatic rings. The molecule has 0 spiro atoms. The summed E-state index contributed by atoms with van der Waals surface area (Å²) in [5, 5.41) is 6.54. The van der Waals surface area contributed by atoms with Crippen LogP contribution >= 0.6 is 12.4 Å². The second kappa shape index (κ2) is 8.53. The van der Waals surface area contributed by atoms with Gasteiger partial charge in [-0.3, -0.25) is 9.59 Å². The molecule has 0 aromatic heterocycles. The highest BCUT2D eigenvalue weighted by Gasteiger charge is 2.37. The summed E-state index contributed by atoms with van der Waals surface area (Å²) >= 11 is 0. The zero-order valence-corrected chi connectivity index (χ0v) is 17.1. The predicted octanol–water partition coefficient (Wildman–Crippen LogP) is 4.39. The lowest BCUT2D eigenvalue weighted by molar-refractivity contribution is -0.116. The molecule has 3 atom stereocenters. The molecular weight excluding hydrogens is 348 g/mol. The van der Waals surface area contributed by atoms with Crippen LogP contribution in [-0.2, 0) is 11.2 Å². The highest BCUT2D eigenvalue weighted by Crippen LogP contribution is 2.42. The second-order valence-corrected chi connectivity index (χ2v) is 7.78. The van der Waals surface area contributed by atoms with Crippen LogP contribution in [0, 0.1) is 12.8 Å². The molecule has 1 aliphatic heterocycles. The van der Waals surface area contributed by atoms with E-state index in [1.54, 1.807) is 0 Å². The summed E-state index contributed by atoms with van der Waals surface area (Å²) in [6.45, 7) is 9.38. The zero-order chi connectivity index (χ0) is 18.1. The smallest absolute Gasteiger partial charge is 0.224 e. The Balaban J connectivity index is 0.00000243. The fourth-order valence-electron chi connectivity index (χ4n) is 4.39. The van der Waals surface area contributed by atoms with Crippen molar-refractivity contribution in [3.8, 4) is 0 Å². The van der Waals surface area contributed by atoms with Gasteiger partial charge in [0.1, 0.15) is 0 Å². The first-order valence-corrected chi connectivity index (χ1v) is 9.67. The Morgan fingerprint density at radius 2 is 2.08 bits per heavy atom. The third-order valence-corrected chi connectivity index (χ3v) is 5.80. The molecule has 5 heteroatoms. The van der Waals surface area contributed by atoms with E-state index in [0.29, 0.717) is 6.42 Å². The van der Waals surface area contributed by atoms with E-state index in [1.165, 1.54) is 5.56 Å². The zero-order valence-electron chi connectivity index (χ0n) is 16.3. The number of aryl methyl sites for hydroxylation is 2. The highest BCUT2D eigenvalue weighted by molar-refractivity contribution is 6.06. The van der Waals surface area contributed by atoms with E-state index in [1.807, 2.05) is 6.92 Å². The number of halogens is 1. The molecule has 1 amide bonds. The van der Waals surface area contributed by atoms with E-state index in [2.05, 4.69) is 37.5 Å². The predicted molar refractivity (Wildman–Crippen MR) is 109 cm³/mol. The van der Waals surface area contributed by atoms with Crippen molar-refractivity contribution in [2.45, 2.75) is 71.8 Å². The van der Waals surface area contributed by atoms with Gasteiger partial charge >= 0.3 is 0 Å². The molecule has 1 heterocycles. The number of amides is 1. The fourth-order valence-corrected chi connectivity index (χ4v) is 4.39. The third-order valence-electron chi connectivity index (χ3n) is 5.80. The van der Waals surface area contributed by atoms with Gasteiger partial charge < -0.3 is 10.6 Å². The molecule has 3 unspecified atom stereocenters. The van der Waals surface area contributed by atoms with Crippen LogP contribution in [0.5, 0.6) is 0 Å². The van der Waals surface area contributed by atoms with Crippen LogP contribution in [-0.4, -0.2) is 24.3 Å². The fraction of sp³-hybridized carbons (Fsp3) is 0.619. The van der Waals surface area contributed by atoms with Crippen LogP contribution in [0.15, 0.2) is 6.07 Å². The van der Waals surface area contributed by atoms with Crippen molar-refractivity contribution < 1.29 is 9.59 Å². The number of unbranched alkanes of at least 4 members (excludes halogenated alkanes) is 1. The van der Waals surface area contributed by atoms with Gasteiger partial charge in [-0.15, -0.1) is 12.4 Å². The molecule has 0 saturated heterocycles. The third kappa shape index (κ3) is 3.81. The largest absolute Gasteiger partial charge is 0.326 e. The van der Waals surface area contributed by atoms with Gasteiger partial charge in [0.25, 0.3) is 0 Å². The molecule has 144 valence electrons. The van der Waals surface area contributed by atoms with Crippen molar-refractivity contribution in [1.82, 2.24) is 5.32 Å². The summed E-state index contributed by atoms with van der Waals surface area (Å²) in [7, 11) is 0. The number of hydrogen-bond acceptors (Lipinski definition) is 3. The maximum absolute atomic E-state index is 13.3. The van der Waals surface area contributed by atoms with E-state index in [9.17, 15) is 9.59 Å². The SMILES string of the molecule is CCCCNC(C)C1CCc2cc(C)c3c(c2C1=O)C(C)CC(=O)N3.Cl. The topological polar surface area (TPSA) is 58.2 Å². The molecule has 0 fully saturated rings. The Labute approximate surface area is 162 Å². The number of carbonyl (C=O) groups is 2. The Bertz CT molecular complexity index is 702. The summed E-state index contributed by atoms with van der Waals surface area (Å²) in [6.07, 6.45) is 4.61. The molecular formula is C21H31ClN2O2. The first kappa shape index (κ1) is 20.9. The Hall–Kier alpha value is -1.39. The number of carbonyl (C=O) groups excluding carboxylic acids is 2. The highest BCUT2D eigenvalue weighted by atomic mass is 35.5. The summed E-state index contributed by atoms with van der Waals surface area (Å²) < 4.78 is 0. The minimum absolute atomic E-state index is 0. The van der Waals surface area contributed by atoms with E-state index < -0.39 is 0 Å². The first-order valence-electron chi connectivity index (χ1n) is 9.67. The summed E-state index contributed by atoms with van der Waals surface area (Å²) in [6, 6.07) is 2.30. The second-order valence-electron chi connectivity index (χ2n) is 7.78. The van der Waals surface area contributed by atoms with Crippen molar-refractivity contribution >= 4 is 29.8 Å². The maximum atomic E-state index is 13.3. The average molecular weight is 379 g/mol. The number of fused-ring (bicyclic) bond motifs is 3. The minimum Gasteiger partial charge on any atom is -0.326 e. The number of rotatable bonds is 5. The van der Waals surface area contributed by atoms with E-state index in [0.717, 1.165) is 54.6 Å². The van der Waals surface area contributed by atoms with Crippen molar-refractivity contribution in [1.29, 1.82) is 0 Å². The Morgan fingerprint density at radius 3 is 2.77 bits per heavy atom. The number of nitrogens with one attached hydrogen (secondary N) is 2. The molecule has 26 heavy (non-hydrogen) atoms. The van der Waals surface area contributed by atoms with Crippen LogP contribution in [0.25, 0.3) is 0 Å². The van der Waals surface area contributed by atoms with Gasteiger partial charge in [-0.2, -0.15) is 0 Å². The Morgan fingerprint density at radius 1 is 1.35 bits per heavy atom. The minimum atomic E-state index is 0. The first-order chi connectivity index (χ1) is 11.9. The molecule has 1 aliphatic carbocycles. The van der Waals surface area contributed by atoms with Crippen LogP contribution in [0.3, 0.4) is 0 Å². The molecule has 0 saturated carbocycles. The van der Waals surface area contributed by atoms with E-state index in [-0.39, 0.29) is 42.0 Å². The molecule has 2 aliphatic rings. The lowest BCUT2D eigenvalue weighted by Gasteiger charge is -2.34.